The molecular formula is C24H23N5O3. The lowest BCUT2D eigenvalue weighted by Gasteiger charge is -2.09. The van der Waals surface area contributed by atoms with Crippen molar-refractivity contribution < 1.29 is 14.3 Å². The van der Waals surface area contributed by atoms with Gasteiger partial charge < -0.3 is 14.8 Å². The number of nitrogens with one attached hydrogen (secondary N) is 1. The summed E-state index contributed by atoms with van der Waals surface area (Å²) in [5.41, 5.74) is 1.21. The Labute approximate surface area is 185 Å². The molecule has 32 heavy (non-hydrogen) atoms. The summed E-state index contributed by atoms with van der Waals surface area (Å²) in [6.07, 6.45) is 5.54. The van der Waals surface area contributed by atoms with Crippen molar-refractivity contribution in [2.75, 3.05) is 11.9 Å². The number of hydrogen-bond donors (Lipinski definition) is 1. The standard InChI is InChI=1S/C24H23N5O3/c1-2-3-17-31-20-9-5-18(6-10-20)24(30)26-19-7-11-21(12-8-19)32-23-14-13-22(27-28-23)29-16-4-15-25-29/h4-16H,2-3,17H2,1H3,(H,26,30). The Kier molecular flexibility index (Phi) is 6.72. The number of anilines is 1. The maximum Gasteiger partial charge on any atom is 0.255 e. The van der Waals surface area contributed by atoms with Crippen molar-refractivity contribution in [3.63, 3.8) is 0 Å². The molecule has 0 bridgehead atoms. The molecule has 4 aromatic rings. The highest BCUT2D eigenvalue weighted by atomic mass is 16.5. The fraction of sp³-hybridized carbons (Fsp3) is 0.167. The normalized spacial score (nSPS) is 10.5. The smallest absolute Gasteiger partial charge is 0.255 e. The van der Waals surface area contributed by atoms with E-state index >= 15 is 0 Å². The van der Waals surface area contributed by atoms with Gasteiger partial charge in [-0.05, 0) is 67.1 Å². The molecule has 4 rings (SSSR count). The molecule has 1 amide bonds. The van der Waals surface area contributed by atoms with E-state index in [2.05, 4.69) is 27.5 Å². The van der Waals surface area contributed by atoms with Gasteiger partial charge in [0.15, 0.2) is 5.82 Å². The fourth-order valence-electron chi connectivity index (χ4n) is 2.86. The molecule has 2 heterocycles. The van der Waals surface area contributed by atoms with Gasteiger partial charge in [0, 0.05) is 29.7 Å². The number of benzene rings is 2. The van der Waals surface area contributed by atoms with E-state index in [9.17, 15) is 4.79 Å². The number of rotatable bonds is 9. The quantitative estimate of drug-likeness (QED) is 0.381. The molecule has 0 spiro atoms. The van der Waals surface area contributed by atoms with Crippen LogP contribution < -0.4 is 14.8 Å². The number of carbonyl (C=O) groups excluding carboxylic acids is 1. The molecule has 0 unspecified atom stereocenters. The molecule has 0 atom stereocenters. The van der Waals surface area contributed by atoms with Crippen molar-refractivity contribution in [1.82, 2.24) is 20.0 Å². The molecule has 0 radical (unpaired) electrons. The molecule has 8 nitrogen and oxygen atoms in total. The van der Waals surface area contributed by atoms with Gasteiger partial charge in [-0.2, -0.15) is 5.10 Å². The molecule has 0 saturated heterocycles. The molecule has 2 aromatic carbocycles. The van der Waals surface area contributed by atoms with Crippen LogP contribution in [-0.4, -0.2) is 32.5 Å². The van der Waals surface area contributed by atoms with Gasteiger partial charge in [-0.15, -0.1) is 10.2 Å². The summed E-state index contributed by atoms with van der Waals surface area (Å²) in [7, 11) is 0. The van der Waals surface area contributed by atoms with Gasteiger partial charge >= 0.3 is 0 Å². The van der Waals surface area contributed by atoms with Crippen LogP contribution in [0.4, 0.5) is 5.69 Å². The number of carbonyl (C=O) groups is 1. The van der Waals surface area contributed by atoms with E-state index in [1.54, 1.807) is 77.7 Å². The second-order valence-corrected chi connectivity index (χ2v) is 6.99. The van der Waals surface area contributed by atoms with Crippen LogP contribution in [0.3, 0.4) is 0 Å². The highest BCUT2D eigenvalue weighted by Gasteiger charge is 2.08. The van der Waals surface area contributed by atoms with Crippen LogP contribution in [-0.2, 0) is 0 Å². The van der Waals surface area contributed by atoms with E-state index in [1.807, 2.05) is 6.07 Å². The Morgan fingerprint density at radius 3 is 2.41 bits per heavy atom. The summed E-state index contributed by atoms with van der Waals surface area (Å²) in [6, 6.07) is 19.4. The zero-order valence-corrected chi connectivity index (χ0v) is 17.6. The monoisotopic (exact) mass is 429 g/mol. The fourth-order valence-corrected chi connectivity index (χ4v) is 2.86. The lowest BCUT2D eigenvalue weighted by Crippen LogP contribution is -2.11. The third kappa shape index (κ3) is 5.48. The zero-order chi connectivity index (χ0) is 22.2. The summed E-state index contributed by atoms with van der Waals surface area (Å²) >= 11 is 0. The first-order valence-corrected chi connectivity index (χ1v) is 10.4. The third-order valence-corrected chi connectivity index (χ3v) is 4.58. The second kappa shape index (κ2) is 10.2. The molecule has 8 heteroatoms. The average Bonchev–Trinajstić information content (AvgIpc) is 3.36. The number of amides is 1. The number of aromatic nitrogens is 4. The van der Waals surface area contributed by atoms with Crippen LogP contribution in [0.25, 0.3) is 5.82 Å². The second-order valence-electron chi connectivity index (χ2n) is 6.99. The highest BCUT2D eigenvalue weighted by Crippen LogP contribution is 2.22. The average molecular weight is 429 g/mol. The Hall–Kier alpha value is -4.20. The van der Waals surface area contributed by atoms with Crippen LogP contribution in [0, 0.1) is 0 Å². The third-order valence-electron chi connectivity index (χ3n) is 4.58. The van der Waals surface area contributed by atoms with E-state index in [-0.39, 0.29) is 5.91 Å². The lowest BCUT2D eigenvalue weighted by molar-refractivity contribution is 0.102. The van der Waals surface area contributed by atoms with Gasteiger partial charge in [-0.25, -0.2) is 4.68 Å². The van der Waals surface area contributed by atoms with E-state index < -0.39 is 0 Å². The molecule has 0 aliphatic rings. The maximum absolute atomic E-state index is 12.5. The van der Waals surface area contributed by atoms with E-state index in [4.69, 9.17) is 9.47 Å². The largest absolute Gasteiger partial charge is 0.494 e. The van der Waals surface area contributed by atoms with Crippen molar-refractivity contribution in [1.29, 1.82) is 0 Å². The molecule has 0 fully saturated rings. The zero-order valence-electron chi connectivity index (χ0n) is 17.6. The van der Waals surface area contributed by atoms with Crippen molar-refractivity contribution in [3.8, 4) is 23.2 Å². The Morgan fingerprint density at radius 1 is 0.969 bits per heavy atom. The summed E-state index contributed by atoms with van der Waals surface area (Å²) in [4.78, 5) is 12.5. The molecule has 0 aliphatic heterocycles. The maximum atomic E-state index is 12.5. The van der Waals surface area contributed by atoms with Crippen LogP contribution in [0.5, 0.6) is 17.4 Å². The minimum Gasteiger partial charge on any atom is -0.494 e. The van der Waals surface area contributed by atoms with Gasteiger partial charge in [0.25, 0.3) is 5.91 Å². The summed E-state index contributed by atoms with van der Waals surface area (Å²) in [5, 5.41) is 15.1. The topological polar surface area (TPSA) is 91.2 Å². The number of hydrogen-bond acceptors (Lipinski definition) is 6. The van der Waals surface area contributed by atoms with Crippen molar-refractivity contribution in [3.05, 3.63) is 84.7 Å². The first-order valence-electron chi connectivity index (χ1n) is 10.4. The van der Waals surface area contributed by atoms with Gasteiger partial charge in [-0.3, -0.25) is 4.79 Å². The van der Waals surface area contributed by atoms with Gasteiger partial charge in [0.05, 0.1) is 6.61 Å². The number of nitrogens with zero attached hydrogens (tertiary/aromatic N) is 4. The number of unbranched alkanes of at least 4 members (excludes halogenated alkanes) is 1. The van der Waals surface area contributed by atoms with Gasteiger partial charge in [-0.1, -0.05) is 13.3 Å². The van der Waals surface area contributed by atoms with Crippen LogP contribution in [0.2, 0.25) is 0 Å². The molecule has 162 valence electrons. The van der Waals surface area contributed by atoms with E-state index in [1.165, 1.54) is 0 Å². The molecule has 2 aromatic heterocycles. The van der Waals surface area contributed by atoms with Crippen LogP contribution in [0.1, 0.15) is 30.1 Å². The lowest BCUT2D eigenvalue weighted by atomic mass is 10.2. The predicted molar refractivity (Wildman–Crippen MR) is 120 cm³/mol. The minimum absolute atomic E-state index is 0.196. The van der Waals surface area contributed by atoms with E-state index in [0.29, 0.717) is 35.3 Å². The van der Waals surface area contributed by atoms with E-state index in [0.717, 1.165) is 18.6 Å². The predicted octanol–water partition coefficient (Wildman–Crippen LogP) is 4.89. The minimum atomic E-state index is -0.196. The molecule has 0 saturated carbocycles. The van der Waals surface area contributed by atoms with Crippen LogP contribution in [0.15, 0.2) is 79.1 Å². The molecule has 1 N–H and O–H groups in total. The summed E-state index contributed by atoms with van der Waals surface area (Å²) < 4.78 is 13.0. The van der Waals surface area contributed by atoms with Crippen LogP contribution >= 0.6 is 0 Å². The summed E-state index contributed by atoms with van der Waals surface area (Å²) in [6.45, 7) is 2.79. The Morgan fingerprint density at radius 2 is 1.75 bits per heavy atom. The molecular weight excluding hydrogens is 406 g/mol. The number of ether oxygens (including phenoxy) is 2. The first-order chi connectivity index (χ1) is 15.7. The SMILES string of the molecule is CCCCOc1ccc(C(=O)Nc2ccc(Oc3ccc(-n4cccn4)nn3)cc2)cc1. The first kappa shape index (κ1) is 21.0. The highest BCUT2D eigenvalue weighted by molar-refractivity contribution is 6.04. The Bertz CT molecular complexity index is 1130. The molecule has 0 aliphatic carbocycles. The van der Waals surface area contributed by atoms with Crippen molar-refractivity contribution >= 4 is 11.6 Å². The van der Waals surface area contributed by atoms with Gasteiger partial charge in [0.1, 0.15) is 11.5 Å². The van der Waals surface area contributed by atoms with Crippen molar-refractivity contribution in [2.24, 2.45) is 0 Å². The van der Waals surface area contributed by atoms with Gasteiger partial charge in [0.2, 0.25) is 5.88 Å². The summed E-state index contributed by atoms with van der Waals surface area (Å²) in [5.74, 6) is 2.11. The Balaban J connectivity index is 1.32. The van der Waals surface area contributed by atoms with Crippen molar-refractivity contribution in [2.45, 2.75) is 19.8 Å².